The summed E-state index contributed by atoms with van der Waals surface area (Å²) in [4.78, 5) is 0. The maximum Gasteiger partial charge on any atom is 0.0862 e. The number of aromatic nitrogens is 4. The monoisotopic (exact) mass is 268 g/mol. The van der Waals surface area contributed by atoms with Gasteiger partial charge in [-0.2, -0.15) is 10.2 Å². The molecule has 0 saturated carbocycles. The molecule has 0 spiro atoms. The lowest BCUT2D eigenvalue weighted by Gasteiger charge is -2.06. The quantitative estimate of drug-likeness (QED) is 0.786. The van der Waals surface area contributed by atoms with E-state index in [1.54, 1.807) is 21.8 Å². The highest BCUT2D eigenvalue weighted by Gasteiger charge is 2.12. The number of aryl methyl sites for hydroxylation is 1. The number of hydrogen-bond acceptors (Lipinski definition) is 3. The molecular formula is C15H16N4O. The first-order valence-electron chi connectivity index (χ1n) is 6.48. The molecule has 0 aliphatic heterocycles. The fraction of sp³-hybridized carbons (Fsp3) is 0.200. The Kier molecular flexibility index (Phi) is 3.35. The van der Waals surface area contributed by atoms with Crippen molar-refractivity contribution in [3.05, 3.63) is 66.2 Å². The summed E-state index contributed by atoms with van der Waals surface area (Å²) < 4.78 is 3.50. The van der Waals surface area contributed by atoms with Gasteiger partial charge in [-0.25, -0.2) is 4.68 Å². The smallest absolute Gasteiger partial charge is 0.0862 e. The molecule has 1 atom stereocenters. The molecule has 0 radical (unpaired) electrons. The minimum atomic E-state index is -0.573. The van der Waals surface area contributed by atoms with Crippen LogP contribution in [0.4, 0.5) is 0 Å². The number of hydrogen-bond donors (Lipinski definition) is 1. The Morgan fingerprint density at radius 3 is 2.60 bits per heavy atom. The van der Waals surface area contributed by atoms with Crippen molar-refractivity contribution in [1.29, 1.82) is 0 Å². The summed E-state index contributed by atoms with van der Waals surface area (Å²) in [5.74, 6) is 0. The Hall–Kier alpha value is -2.40. The van der Waals surface area contributed by atoms with E-state index in [1.807, 2.05) is 49.8 Å². The molecule has 2 heterocycles. The second-order valence-electron chi connectivity index (χ2n) is 4.80. The van der Waals surface area contributed by atoms with Gasteiger partial charge >= 0.3 is 0 Å². The van der Waals surface area contributed by atoms with Gasteiger partial charge in [0.15, 0.2) is 0 Å². The van der Waals surface area contributed by atoms with E-state index in [1.165, 1.54) is 0 Å². The lowest BCUT2D eigenvalue weighted by atomic mass is 10.1. The molecule has 3 aromatic rings. The van der Waals surface area contributed by atoms with Crippen molar-refractivity contribution in [2.24, 2.45) is 7.05 Å². The molecule has 5 nitrogen and oxygen atoms in total. The van der Waals surface area contributed by atoms with Gasteiger partial charge in [-0.1, -0.05) is 18.2 Å². The van der Waals surface area contributed by atoms with Crippen molar-refractivity contribution in [2.45, 2.75) is 12.5 Å². The van der Waals surface area contributed by atoms with Crippen LogP contribution in [0.3, 0.4) is 0 Å². The highest BCUT2D eigenvalue weighted by atomic mass is 16.3. The molecule has 0 bridgehead atoms. The number of benzene rings is 1. The molecule has 1 unspecified atom stereocenters. The summed E-state index contributed by atoms with van der Waals surface area (Å²) in [5, 5.41) is 18.6. The minimum Gasteiger partial charge on any atom is -0.388 e. The molecule has 2 aromatic heterocycles. The van der Waals surface area contributed by atoms with E-state index in [2.05, 4.69) is 10.2 Å². The number of para-hydroxylation sites is 1. The van der Waals surface area contributed by atoms with Gasteiger partial charge in [0.05, 0.1) is 24.2 Å². The topological polar surface area (TPSA) is 55.9 Å². The summed E-state index contributed by atoms with van der Waals surface area (Å²) in [7, 11) is 1.86. The van der Waals surface area contributed by atoms with Crippen LogP contribution in [-0.2, 0) is 13.5 Å². The molecule has 1 aromatic carbocycles. The van der Waals surface area contributed by atoms with Gasteiger partial charge in [-0.05, 0) is 17.7 Å². The van der Waals surface area contributed by atoms with E-state index in [0.717, 1.165) is 16.8 Å². The molecule has 5 heteroatoms. The Bertz CT molecular complexity index is 687. The first-order chi connectivity index (χ1) is 9.72. The van der Waals surface area contributed by atoms with Crippen molar-refractivity contribution in [3.8, 4) is 5.69 Å². The zero-order valence-corrected chi connectivity index (χ0v) is 11.2. The lowest BCUT2D eigenvalue weighted by molar-refractivity contribution is 0.178. The van der Waals surface area contributed by atoms with Crippen molar-refractivity contribution in [3.63, 3.8) is 0 Å². The van der Waals surface area contributed by atoms with Crippen LogP contribution >= 0.6 is 0 Å². The molecule has 3 rings (SSSR count). The normalized spacial score (nSPS) is 12.5. The highest BCUT2D eigenvalue weighted by Crippen LogP contribution is 2.18. The summed E-state index contributed by atoms with van der Waals surface area (Å²) in [6.07, 6.45) is 7.20. The second-order valence-corrected chi connectivity index (χ2v) is 4.80. The second kappa shape index (κ2) is 5.30. The molecule has 0 fully saturated rings. The zero-order chi connectivity index (χ0) is 13.9. The van der Waals surface area contributed by atoms with E-state index in [9.17, 15) is 5.11 Å². The third-order valence-corrected chi connectivity index (χ3v) is 3.20. The predicted molar refractivity (Wildman–Crippen MR) is 75.4 cm³/mol. The van der Waals surface area contributed by atoms with Crippen LogP contribution in [0.15, 0.2) is 55.1 Å². The molecule has 0 aliphatic rings. The van der Waals surface area contributed by atoms with Crippen LogP contribution in [0.1, 0.15) is 17.2 Å². The van der Waals surface area contributed by atoms with Crippen LogP contribution in [-0.4, -0.2) is 24.7 Å². The molecular weight excluding hydrogens is 252 g/mol. The molecule has 102 valence electrons. The Labute approximate surface area is 117 Å². The number of rotatable bonds is 4. The molecule has 0 aliphatic carbocycles. The van der Waals surface area contributed by atoms with Crippen molar-refractivity contribution in [2.75, 3.05) is 0 Å². The number of aliphatic hydroxyl groups excluding tert-OH is 1. The third kappa shape index (κ3) is 2.62. The maximum absolute atomic E-state index is 10.3. The predicted octanol–water partition coefficient (Wildman–Crippen LogP) is 1.88. The van der Waals surface area contributed by atoms with Crippen LogP contribution in [0.5, 0.6) is 0 Å². The van der Waals surface area contributed by atoms with E-state index in [0.29, 0.717) is 6.42 Å². The van der Waals surface area contributed by atoms with E-state index in [4.69, 9.17) is 0 Å². The summed E-state index contributed by atoms with van der Waals surface area (Å²) in [5.41, 5.74) is 2.79. The fourth-order valence-electron chi connectivity index (χ4n) is 2.15. The SMILES string of the molecule is Cn1cc(CC(O)c2cnn(-c3ccccc3)c2)cn1. The van der Waals surface area contributed by atoms with Crippen molar-refractivity contribution < 1.29 is 5.11 Å². The highest BCUT2D eigenvalue weighted by molar-refractivity contribution is 5.31. The van der Waals surface area contributed by atoms with Crippen LogP contribution in [0.25, 0.3) is 5.69 Å². The average molecular weight is 268 g/mol. The standard InChI is InChI=1S/C15H16N4O/c1-18-10-12(8-16-18)7-15(20)13-9-17-19(11-13)14-5-3-2-4-6-14/h2-6,8-11,15,20H,7H2,1H3. The Morgan fingerprint density at radius 1 is 1.10 bits per heavy atom. The fourth-order valence-corrected chi connectivity index (χ4v) is 2.15. The van der Waals surface area contributed by atoms with Gasteiger partial charge in [0.25, 0.3) is 0 Å². The Balaban J connectivity index is 1.76. The van der Waals surface area contributed by atoms with Crippen molar-refractivity contribution >= 4 is 0 Å². The van der Waals surface area contributed by atoms with Gasteiger partial charge in [0.2, 0.25) is 0 Å². The first kappa shape index (κ1) is 12.6. The summed E-state index contributed by atoms with van der Waals surface area (Å²) in [6.45, 7) is 0. The third-order valence-electron chi connectivity index (χ3n) is 3.20. The average Bonchev–Trinajstić information content (AvgIpc) is 3.09. The van der Waals surface area contributed by atoms with Crippen LogP contribution in [0, 0.1) is 0 Å². The van der Waals surface area contributed by atoms with Crippen LogP contribution < -0.4 is 0 Å². The van der Waals surface area contributed by atoms with E-state index < -0.39 is 6.10 Å². The maximum atomic E-state index is 10.3. The number of nitrogens with zero attached hydrogens (tertiary/aromatic N) is 4. The van der Waals surface area contributed by atoms with Gasteiger partial charge in [-0.3, -0.25) is 4.68 Å². The summed E-state index contributed by atoms with van der Waals surface area (Å²) >= 11 is 0. The van der Waals surface area contributed by atoms with Crippen LogP contribution in [0.2, 0.25) is 0 Å². The molecule has 20 heavy (non-hydrogen) atoms. The lowest BCUT2D eigenvalue weighted by Crippen LogP contribution is -2.00. The van der Waals surface area contributed by atoms with Gasteiger partial charge in [0.1, 0.15) is 0 Å². The molecule has 0 amide bonds. The van der Waals surface area contributed by atoms with Gasteiger partial charge in [0, 0.05) is 31.4 Å². The summed E-state index contributed by atoms with van der Waals surface area (Å²) in [6, 6.07) is 9.84. The van der Waals surface area contributed by atoms with E-state index >= 15 is 0 Å². The van der Waals surface area contributed by atoms with Crippen molar-refractivity contribution in [1.82, 2.24) is 19.6 Å². The Morgan fingerprint density at radius 2 is 1.90 bits per heavy atom. The minimum absolute atomic E-state index is 0.536. The van der Waals surface area contributed by atoms with Gasteiger partial charge < -0.3 is 5.11 Å². The van der Waals surface area contributed by atoms with E-state index in [-0.39, 0.29) is 0 Å². The molecule has 1 N–H and O–H groups in total. The zero-order valence-electron chi connectivity index (χ0n) is 11.2. The number of aliphatic hydroxyl groups is 1. The molecule has 0 saturated heterocycles. The first-order valence-corrected chi connectivity index (χ1v) is 6.48. The van der Waals surface area contributed by atoms with Gasteiger partial charge in [-0.15, -0.1) is 0 Å². The largest absolute Gasteiger partial charge is 0.388 e.